The number of carbonyl (C=O) groups is 2. The first-order chi connectivity index (χ1) is 10.8. The van der Waals surface area contributed by atoms with Crippen LogP contribution in [-0.2, 0) is 9.59 Å². The molecule has 0 radical (unpaired) electrons. The van der Waals surface area contributed by atoms with Gasteiger partial charge in [-0.1, -0.05) is 6.92 Å². The standard InChI is InChI=1S/C15H19F2N3O2S/c1-4-13(21)20-8-23-7-12(20)15(22)18-9-5-10(16)14(19(2)3)11(17)6-9/h5-6,12H,4,7-8H2,1-3H3,(H,18,22). The Balaban J connectivity index is 2.16. The van der Waals surface area contributed by atoms with Gasteiger partial charge in [0.25, 0.3) is 0 Å². The zero-order valence-electron chi connectivity index (χ0n) is 13.2. The Morgan fingerprint density at radius 3 is 2.48 bits per heavy atom. The SMILES string of the molecule is CCC(=O)N1CSCC1C(=O)Nc1cc(F)c(N(C)C)c(F)c1. The van der Waals surface area contributed by atoms with Gasteiger partial charge in [-0.3, -0.25) is 9.59 Å². The fourth-order valence-corrected chi connectivity index (χ4v) is 3.58. The van der Waals surface area contributed by atoms with Crippen LogP contribution < -0.4 is 10.2 Å². The number of nitrogens with one attached hydrogen (secondary N) is 1. The van der Waals surface area contributed by atoms with E-state index in [2.05, 4.69) is 5.32 Å². The van der Waals surface area contributed by atoms with Crippen LogP contribution >= 0.6 is 11.8 Å². The summed E-state index contributed by atoms with van der Waals surface area (Å²) in [4.78, 5) is 26.9. The van der Waals surface area contributed by atoms with Crippen LogP contribution in [0.1, 0.15) is 13.3 Å². The van der Waals surface area contributed by atoms with E-state index < -0.39 is 23.6 Å². The Kier molecular flexibility index (Phi) is 5.46. The molecule has 0 bridgehead atoms. The molecule has 1 aliphatic heterocycles. The first kappa shape index (κ1) is 17.5. The first-order valence-corrected chi connectivity index (χ1v) is 8.35. The summed E-state index contributed by atoms with van der Waals surface area (Å²) in [5.41, 5.74) is -0.126. The summed E-state index contributed by atoms with van der Waals surface area (Å²) in [5.74, 6) is -1.14. The Morgan fingerprint density at radius 1 is 1.35 bits per heavy atom. The van der Waals surface area contributed by atoms with Crippen LogP contribution in [0.25, 0.3) is 0 Å². The molecule has 1 saturated heterocycles. The Labute approximate surface area is 138 Å². The number of hydrogen-bond acceptors (Lipinski definition) is 4. The molecule has 23 heavy (non-hydrogen) atoms. The molecule has 0 aromatic heterocycles. The highest BCUT2D eigenvalue weighted by atomic mass is 32.2. The summed E-state index contributed by atoms with van der Waals surface area (Å²) in [6.07, 6.45) is 0.311. The average Bonchev–Trinajstić information content (AvgIpc) is 2.94. The second-order valence-electron chi connectivity index (χ2n) is 5.40. The highest BCUT2D eigenvalue weighted by Crippen LogP contribution is 2.27. The minimum Gasteiger partial charge on any atom is -0.373 e. The molecule has 1 aromatic carbocycles. The number of nitrogens with zero attached hydrogens (tertiary/aromatic N) is 2. The molecule has 1 N–H and O–H groups in total. The predicted molar refractivity (Wildman–Crippen MR) is 87.6 cm³/mol. The molecule has 8 heteroatoms. The van der Waals surface area contributed by atoms with E-state index in [1.54, 1.807) is 6.92 Å². The lowest BCUT2D eigenvalue weighted by Gasteiger charge is -2.23. The zero-order valence-corrected chi connectivity index (χ0v) is 14.0. The number of rotatable bonds is 4. The maximum absolute atomic E-state index is 13.9. The van der Waals surface area contributed by atoms with Crippen molar-refractivity contribution in [2.75, 3.05) is 35.9 Å². The molecule has 1 aromatic rings. The van der Waals surface area contributed by atoms with Crippen molar-refractivity contribution in [1.82, 2.24) is 4.90 Å². The van der Waals surface area contributed by atoms with Crippen LogP contribution in [0.2, 0.25) is 0 Å². The zero-order chi connectivity index (χ0) is 17.1. The Hall–Kier alpha value is -1.83. The monoisotopic (exact) mass is 343 g/mol. The lowest BCUT2D eigenvalue weighted by atomic mass is 10.2. The van der Waals surface area contributed by atoms with E-state index in [1.807, 2.05) is 0 Å². The number of amides is 2. The quantitative estimate of drug-likeness (QED) is 0.911. The van der Waals surface area contributed by atoms with Crippen molar-refractivity contribution in [2.24, 2.45) is 0 Å². The summed E-state index contributed by atoms with van der Waals surface area (Å²) in [6.45, 7) is 1.73. The van der Waals surface area contributed by atoms with Crippen LogP contribution in [0.4, 0.5) is 20.2 Å². The molecule has 1 atom stereocenters. The largest absolute Gasteiger partial charge is 0.373 e. The fraction of sp³-hybridized carbons (Fsp3) is 0.467. The molecular formula is C15H19F2N3O2S. The van der Waals surface area contributed by atoms with Crippen molar-refractivity contribution < 1.29 is 18.4 Å². The van der Waals surface area contributed by atoms with Crippen molar-refractivity contribution in [2.45, 2.75) is 19.4 Å². The van der Waals surface area contributed by atoms with Gasteiger partial charge in [-0.15, -0.1) is 11.8 Å². The number of thioether (sulfide) groups is 1. The van der Waals surface area contributed by atoms with Crippen molar-refractivity contribution in [1.29, 1.82) is 0 Å². The van der Waals surface area contributed by atoms with Crippen LogP contribution in [-0.4, -0.2) is 48.5 Å². The van der Waals surface area contributed by atoms with E-state index >= 15 is 0 Å². The maximum Gasteiger partial charge on any atom is 0.248 e. The lowest BCUT2D eigenvalue weighted by Crippen LogP contribution is -2.44. The van der Waals surface area contributed by atoms with Gasteiger partial charge in [0.1, 0.15) is 11.7 Å². The van der Waals surface area contributed by atoms with E-state index in [9.17, 15) is 18.4 Å². The molecule has 0 saturated carbocycles. The van der Waals surface area contributed by atoms with Gasteiger partial charge in [0, 0.05) is 32.0 Å². The molecule has 1 heterocycles. The van der Waals surface area contributed by atoms with Gasteiger partial charge < -0.3 is 15.1 Å². The van der Waals surface area contributed by atoms with Gasteiger partial charge >= 0.3 is 0 Å². The molecule has 0 spiro atoms. The van der Waals surface area contributed by atoms with Gasteiger partial charge in [-0.2, -0.15) is 0 Å². The Bertz CT molecular complexity index is 602. The second kappa shape index (κ2) is 7.16. The van der Waals surface area contributed by atoms with Gasteiger partial charge in [0.2, 0.25) is 11.8 Å². The van der Waals surface area contributed by atoms with Crippen LogP contribution in [0, 0.1) is 11.6 Å². The lowest BCUT2D eigenvalue weighted by molar-refractivity contribution is -0.135. The summed E-state index contributed by atoms with van der Waals surface area (Å²) >= 11 is 1.47. The molecule has 0 aliphatic carbocycles. The Morgan fingerprint density at radius 2 is 1.96 bits per heavy atom. The van der Waals surface area contributed by atoms with Crippen molar-refractivity contribution in [3.63, 3.8) is 0 Å². The molecule has 126 valence electrons. The van der Waals surface area contributed by atoms with Gasteiger partial charge in [-0.25, -0.2) is 8.78 Å². The van der Waals surface area contributed by atoms with Gasteiger partial charge in [-0.05, 0) is 12.1 Å². The molecule has 5 nitrogen and oxygen atoms in total. The van der Waals surface area contributed by atoms with E-state index in [0.717, 1.165) is 12.1 Å². The predicted octanol–water partition coefficient (Wildman–Crippen LogP) is 2.28. The van der Waals surface area contributed by atoms with Crippen LogP contribution in [0.3, 0.4) is 0 Å². The van der Waals surface area contributed by atoms with Crippen molar-refractivity contribution >= 4 is 35.0 Å². The molecule has 2 rings (SSSR count). The minimum atomic E-state index is -0.757. The number of halogens is 2. The fourth-order valence-electron chi connectivity index (χ4n) is 2.40. The van der Waals surface area contributed by atoms with E-state index in [-0.39, 0.29) is 17.3 Å². The van der Waals surface area contributed by atoms with Crippen LogP contribution in [0.15, 0.2) is 12.1 Å². The van der Waals surface area contributed by atoms with Gasteiger partial charge in [0.05, 0.1) is 5.88 Å². The third-order valence-electron chi connectivity index (χ3n) is 3.54. The summed E-state index contributed by atoms with van der Waals surface area (Å²) < 4.78 is 27.9. The third kappa shape index (κ3) is 3.74. The number of hydrogen-bond donors (Lipinski definition) is 1. The topological polar surface area (TPSA) is 52.7 Å². The molecule has 1 fully saturated rings. The molecular weight excluding hydrogens is 324 g/mol. The number of benzene rings is 1. The van der Waals surface area contributed by atoms with E-state index in [4.69, 9.17) is 0 Å². The second-order valence-corrected chi connectivity index (χ2v) is 6.40. The number of carbonyl (C=O) groups excluding carboxylic acids is 2. The average molecular weight is 343 g/mol. The maximum atomic E-state index is 13.9. The minimum absolute atomic E-state index is 0.0383. The summed E-state index contributed by atoms with van der Waals surface area (Å²) in [7, 11) is 3.06. The normalized spacial score (nSPS) is 17.3. The molecule has 1 aliphatic rings. The summed E-state index contributed by atoms with van der Waals surface area (Å²) in [6, 6.07) is 1.53. The highest BCUT2D eigenvalue weighted by Gasteiger charge is 2.34. The van der Waals surface area contributed by atoms with Crippen molar-refractivity contribution in [3.05, 3.63) is 23.8 Å². The highest BCUT2D eigenvalue weighted by molar-refractivity contribution is 7.99. The van der Waals surface area contributed by atoms with Crippen molar-refractivity contribution in [3.8, 4) is 0 Å². The number of anilines is 2. The molecule has 1 unspecified atom stereocenters. The van der Waals surface area contributed by atoms with Gasteiger partial charge in [0.15, 0.2) is 11.6 Å². The third-order valence-corrected chi connectivity index (χ3v) is 4.55. The van der Waals surface area contributed by atoms with Crippen LogP contribution in [0.5, 0.6) is 0 Å². The first-order valence-electron chi connectivity index (χ1n) is 7.19. The smallest absolute Gasteiger partial charge is 0.248 e. The van der Waals surface area contributed by atoms with E-state index in [1.165, 1.54) is 35.7 Å². The molecule has 2 amide bonds. The van der Waals surface area contributed by atoms with E-state index in [0.29, 0.717) is 18.1 Å². The summed E-state index contributed by atoms with van der Waals surface area (Å²) in [5, 5.41) is 2.50.